The number of carbonyl (C=O) groups excluding carboxylic acids is 2. The summed E-state index contributed by atoms with van der Waals surface area (Å²) in [5, 5.41) is 2.45. The molecule has 15 heavy (non-hydrogen) atoms. The van der Waals surface area contributed by atoms with Gasteiger partial charge < -0.3 is 16.8 Å². The summed E-state index contributed by atoms with van der Waals surface area (Å²) in [5.74, 6) is 0.00164. The molecule has 0 bridgehead atoms. The van der Waals surface area contributed by atoms with E-state index < -0.39 is 5.91 Å². The first kappa shape index (κ1) is 13.9. The van der Waals surface area contributed by atoms with Gasteiger partial charge in [-0.15, -0.1) is 0 Å². The van der Waals surface area contributed by atoms with Gasteiger partial charge in [-0.05, 0) is 24.8 Å². The number of primary amides is 1. The number of nitrogens with one attached hydrogen (secondary N) is 1. The van der Waals surface area contributed by atoms with Crippen molar-refractivity contribution >= 4 is 11.8 Å². The van der Waals surface area contributed by atoms with Crippen molar-refractivity contribution in [2.75, 3.05) is 13.1 Å². The van der Waals surface area contributed by atoms with E-state index in [1.165, 1.54) is 0 Å². The number of amides is 2. The minimum atomic E-state index is -0.531. The van der Waals surface area contributed by atoms with Gasteiger partial charge in [0, 0.05) is 6.42 Å². The van der Waals surface area contributed by atoms with Gasteiger partial charge in [-0.1, -0.05) is 13.8 Å². The van der Waals surface area contributed by atoms with E-state index >= 15 is 0 Å². The second-order valence-corrected chi connectivity index (χ2v) is 4.18. The molecule has 1 atom stereocenters. The summed E-state index contributed by atoms with van der Waals surface area (Å²) in [6.45, 7) is 4.56. The first-order valence-electron chi connectivity index (χ1n) is 5.20. The maximum Gasteiger partial charge on any atom is 0.236 e. The molecule has 0 rings (SSSR count). The molecule has 0 aliphatic carbocycles. The van der Waals surface area contributed by atoms with E-state index in [1.54, 1.807) is 0 Å². The van der Waals surface area contributed by atoms with Crippen molar-refractivity contribution in [1.82, 2.24) is 5.32 Å². The van der Waals surface area contributed by atoms with Crippen LogP contribution in [0.25, 0.3) is 0 Å². The van der Waals surface area contributed by atoms with Crippen LogP contribution in [0, 0.1) is 11.8 Å². The fourth-order valence-corrected chi connectivity index (χ4v) is 1.45. The van der Waals surface area contributed by atoms with Crippen molar-refractivity contribution < 1.29 is 9.59 Å². The van der Waals surface area contributed by atoms with Crippen LogP contribution in [-0.2, 0) is 9.59 Å². The van der Waals surface area contributed by atoms with Crippen molar-refractivity contribution in [3.63, 3.8) is 0 Å². The van der Waals surface area contributed by atoms with E-state index in [9.17, 15) is 9.59 Å². The van der Waals surface area contributed by atoms with Gasteiger partial charge in [0.1, 0.15) is 0 Å². The van der Waals surface area contributed by atoms with Crippen LogP contribution in [0.15, 0.2) is 0 Å². The van der Waals surface area contributed by atoms with E-state index in [1.807, 2.05) is 0 Å². The third-order valence-electron chi connectivity index (χ3n) is 2.07. The Kier molecular flexibility index (Phi) is 6.70. The SMILES string of the molecule is CC(C)CC(CN)CC(=O)NCC(N)=O. The van der Waals surface area contributed by atoms with Crippen LogP contribution in [0.5, 0.6) is 0 Å². The Morgan fingerprint density at radius 1 is 1.33 bits per heavy atom. The Morgan fingerprint density at radius 2 is 1.93 bits per heavy atom. The molecule has 0 saturated heterocycles. The summed E-state index contributed by atoms with van der Waals surface area (Å²) < 4.78 is 0. The second kappa shape index (κ2) is 7.23. The Morgan fingerprint density at radius 3 is 2.33 bits per heavy atom. The number of rotatable bonds is 7. The lowest BCUT2D eigenvalue weighted by molar-refractivity contribution is -0.125. The van der Waals surface area contributed by atoms with Crippen molar-refractivity contribution in [3.8, 4) is 0 Å². The Labute approximate surface area is 90.6 Å². The smallest absolute Gasteiger partial charge is 0.236 e. The molecule has 0 aliphatic heterocycles. The molecule has 0 aromatic rings. The highest BCUT2D eigenvalue weighted by molar-refractivity contribution is 5.83. The molecule has 0 spiro atoms. The lowest BCUT2D eigenvalue weighted by atomic mass is 9.94. The molecule has 1 unspecified atom stereocenters. The van der Waals surface area contributed by atoms with Crippen molar-refractivity contribution in [3.05, 3.63) is 0 Å². The maximum absolute atomic E-state index is 11.3. The largest absolute Gasteiger partial charge is 0.368 e. The highest BCUT2D eigenvalue weighted by Gasteiger charge is 2.13. The minimum Gasteiger partial charge on any atom is -0.368 e. The molecule has 5 nitrogen and oxygen atoms in total. The first-order chi connectivity index (χ1) is 6.95. The quantitative estimate of drug-likeness (QED) is 0.539. The van der Waals surface area contributed by atoms with Gasteiger partial charge in [0.25, 0.3) is 0 Å². The van der Waals surface area contributed by atoms with Crippen LogP contribution >= 0.6 is 0 Å². The molecule has 0 aromatic carbocycles. The average molecular weight is 215 g/mol. The number of carbonyl (C=O) groups is 2. The molecular weight excluding hydrogens is 194 g/mol. The van der Waals surface area contributed by atoms with E-state index in [2.05, 4.69) is 19.2 Å². The standard InChI is InChI=1S/C10H21N3O2/c1-7(2)3-8(5-11)4-10(15)13-6-9(12)14/h7-8H,3-6,11H2,1-2H3,(H2,12,14)(H,13,15). The summed E-state index contributed by atoms with van der Waals surface area (Å²) in [7, 11) is 0. The van der Waals surface area contributed by atoms with Gasteiger partial charge >= 0.3 is 0 Å². The Balaban J connectivity index is 3.85. The molecule has 0 saturated carbocycles. The average Bonchev–Trinajstić information content (AvgIpc) is 2.13. The van der Waals surface area contributed by atoms with Crippen LogP contribution in [0.2, 0.25) is 0 Å². The fraction of sp³-hybridized carbons (Fsp3) is 0.800. The van der Waals surface area contributed by atoms with Crippen LogP contribution in [0.4, 0.5) is 0 Å². The summed E-state index contributed by atoms with van der Waals surface area (Å²) >= 11 is 0. The van der Waals surface area contributed by atoms with Crippen LogP contribution < -0.4 is 16.8 Å². The summed E-state index contributed by atoms with van der Waals surface area (Å²) in [6.07, 6.45) is 1.28. The van der Waals surface area contributed by atoms with Gasteiger partial charge in [0.15, 0.2) is 0 Å². The van der Waals surface area contributed by atoms with Crippen molar-refractivity contribution in [2.24, 2.45) is 23.3 Å². The van der Waals surface area contributed by atoms with Gasteiger partial charge in [0.2, 0.25) is 11.8 Å². The summed E-state index contributed by atoms with van der Waals surface area (Å²) in [5.41, 5.74) is 10.5. The molecule has 0 fully saturated rings. The van der Waals surface area contributed by atoms with Gasteiger partial charge in [-0.2, -0.15) is 0 Å². The van der Waals surface area contributed by atoms with E-state index in [0.717, 1.165) is 6.42 Å². The maximum atomic E-state index is 11.3. The third kappa shape index (κ3) is 7.93. The number of hydrogen-bond donors (Lipinski definition) is 3. The molecule has 2 amide bonds. The lowest BCUT2D eigenvalue weighted by Gasteiger charge is -2.16. The topological polar surface area (TPSA) is 98.2 Å². The second-order valence-electron chi connectivity index (χ2n) is 4.18. The van der Waals surface area contributed by atoms with Crippen LogP contribution in [0.1, 0.15) is 26.7 Å². The van der Waals surface area contributed by atoms with Crippen molar-refractivity contribution in [1.29, 1.82) is 0 Å². The zero-order valence-electron chi connectivity index (χ0n) is 9.45. The zero-order valence-corrected chi connectivity index (χ0v) is 9.45. The lowest BCUT2D eigenvalue weighted by Crippen LogP contribution is -2.35. The molecule has 88 valence electrons. The Bertz CT molecular complexity index is 217. The van der Waals surface area contributed by atoms with E-state index in [-0.39, 0.29) is 18.4 Å². The predicted octanol–water partition coefficient (Wildman–Crippen LogP) is -0.401. The molecule has 0 heterocycles. The predicted molar refractivity (Wildman–Crippen MR) is 58.8 cm³/mol. The molecular formula is C10H21N3O2. The summed E-state index contributed by atoms with van der Waals surface area (Å²) in [6, 6.07) is 0. The van der Waals surface area contributed by atoms with Gasteiger partial charge in [0.05, 0.1) is 6.54 Å². The molecule has 0 aromatic heterocycles. The fourth-order valence-electron chi connectivity index (χ4n) is 1.45. The van der Waals surface area contributed by atoms with E-state index in [0.29, 0.717) is 18.9 Å². The zero-order chi connectivity index (χ0) is 11.8. The summed E-state index contributed by atoms with van der Waals surface area (Å²) in [4.78, 5) is 21.7. The molecule has 0 radical (unpaired) electrons. The van der Waals surface area contributed by atoms with Crippen LogP contribution in [-0.4, -0.2) is 24.9 Å². The third-order valence-corrected chi connectivity index (χ3v) is 2.07. The van der Waals surface area contributed by atoms with Crippen LogP contribution in [0.3, 0.4) is 0 Å². The molecule has 0 aliphatic rings. The molecule has 5 N–H and O–H groups in total. The minimum absolute atomic E-state index is 0.0994. The first-order valence-corrected chi connectivity index (χ1v) is 5.20. The normalized spacial score (nSPS) is 12.5. The highest BCUT2D eigenvalue weighted by Crippen LogP contribution is 2.13. The van der Waals surface area contributed by atoms with Crippen molar-refractivity contribution in [2.45, 2.75) is 26.7 Å². The highest BCUT2D eigenvalue weighted by atomic mass is 16.2. The van der Waals surface area contributed by atoms with E-state index in [4.69, 9.17) is 11.5 Å². The monoisotopic (exact) mass is 215 g/mol. The number of hydrogen-bond acceptors (Lipinski definition) is 3. The number of nitrogens with two attached hydrogens (primary N) is 2. The van der Waals surface area contributed by atoms with Gasteiger partial charge in [-0.25, -0.2) is 0 Å². The van der Waals surface area contributed by atoms with Gasteiger partial charge in [-0.3, -0.25) is 9.59 Å². The molecule has 5 heteroatoms. The Hall–Kier alpha value is -1.10.